The molecule has 30 heavy (non-hydrogen) atoms. The molecule has 0 radical (unpaired) electrons. The van der Waals surface area contributed by atoms with Gasteiger partial charge in [0, 0.05) is 44.1 Å². The Hall–Kier alpha value is -3.25. The summed E-state index contributed by atoms with van der Waals surface area (Å²) in [4.78, 5) is 16.3. The van der Waals surface area contributed by atoms with Crippen molar-refractivity contribution in [1.82, 2.24) is 20.1 Å². The van der Waals surface area contributed by atoms with Gasteiger partial charge in [-0.25, -0.2) is 9.78 Å². The van der Waals surface area contributed by atoms with E-state index in [9.17, 15) is 4.79 Å². The first-order valence-corrected chi connectivity index (χ1v) is 9.79. The first kappa shape index (κ1) is 21.5. The number of rotatable bonds is 8. The minimum Gasteiger partial charge on any atom is -0.491 e. The number of urea groups is 1. The Labute approximate surface area is 176 Å². The number of carbonyl (C=O) groups is 1. The van der Waals surface area contributed by atoms with Crippen molar-refractivity contribution in [2.24, 2.45) is 13.0 Å². The lowest BCUT2D eigenvalue weighted by Gasteiger charge is -2.13. The van der Waals surface area contributed by atoms with Gasteiger partial charge in [0.25, 0.3) is 5.88 Å². The average molecular weight is 413 g/mol. The number of aryl methyl sites for hydroxylation is 1. The number of ether oxygens (including phenoxy) is 3. The topological polar surface area (TPSA) is 99.5 Å². The van der Waals surface area contributed by atoms with Crippen molar-refractivity contribution < 1.29 is 19.0 Å². The molecular formula is C21H27N5O4. The molecule has 2 aromatic heterocycles. The molecule has 1 atom stereocenters. The molecule has 1 aliphatic carbocycles. The number of hydrogen-bond donors (Lipinski definition) is 2. The van der Waals surface area contributed by atoms with Gasteiger partial charge in [0.15, 0.2) is 11.6 Å². The van der Waals surface area contributed by atoms with Crippen LogP contribution in [0.2, 0.25) is 0 Å². The average Bonchev–Trinajstić information content (AvgIpc) is 3.51. The van der Waals surface area contributed by atoms with Crippen LogP contribution in [0, 0.1) is 17.8 Å². The summed E-state index contributed by atoms with van der Waals surface area (Å²) in [5.74, 6) is 8.04. The van der Waals surface area contributed by atoms with Crippen molar-refractivity contribution in [3.63, 3.8) is 0 Å². The van der Waals surface area contributed by atoms with Crippen LogP contribution in [0.15, 0.2) is 18.3 Å². The van der Waals surface area contributed by atoms with Gasteiger partial charge in [-0.05, 0) is 31.6 Å². The lowest BCUT2D eigenvalue weighted by Crippen LogP contribution is -2.35. The van der Waals surface area contributed by atoms with Crippen LogP contribution < -0.4 is 20.1 Å². The van der Waals surface area contributed by atoms with Crippen LogP contribution in [0.3, 0.4) is 0 Å². The molecule has 1 fully saturated rings. The van der Waals surface area contributed by atoms with Gasteiger partial charge in [0.2, 0.25) is 0 Å². The van der Waals surface area contributed by atoms with E-state index in [0.29, 0.717) is 41.2 Å². The van der Waals surface area contributed by atoms with Gasteiger partial charge in [-0.1, -0.05) is 5.92 Å². The number of nitrogens with zero attached hydrogens (tertiary/aromatic N) is 3. The quantitative estimate of drug-likeness (QED) is 0.644. The molecule has 2 aromatic rings. The zero-order valence-electron chi connectivity index (χ0n) is 17.7. The second-order valence-electron chi connectivity index (χ2n) is 7.15. The van der Waals surface area contributed by atoms with E-state index in [1.54, 1.807) is 37.2 Å². The SMILES string of the molecule is COc1cc(C#Cc2cc(NC(=O)NCC(C)OCC3CC3)nn2C)cnc1OC. The molecule has 3 rings (SSSR count). The number of anilines is 1. The largest absolute Gasteiger partial charge is 0.491 e. The Bertz CT molecular complexity index is 943. The molecule has 2 N–H and O–H groups in total. The van der Waals surface area contributed by atoms with Crippen LogP contribution in [0.5, 0.6) is 11.6 Å². The number of aromatic nitrogens is 3. The third kappa shape index (κ3) is 6.12. The molecular weight excluding hydrogens is 386 g/mol. The van der Waals surface area contributed by atoms with Gasteiger partial charge in [0.05, 0.1) is 20.3 Å². The van der Waals surface area contributed by atoms with E-state index >= 15 is 0 Å². The molecule has 9 nitrogen and oxygen atoms in total. The Morgan fingerprint density at radius 1 is 1.30 bits per heavy atom. The number of amides is 2. The summed E-state index contributed by atoms with van der Waals surface area (Å²) in [5.41, 5.74) is 1.31. The predicted octanol–water partition coefficient (Wildman–Crippen LogP) is 2.17. The smallest absolute Gasteiger partial charge is 0.320 e. The molecule has 0 aromatic carbocycles. The van der Waals surface area contributed by atoms with Gasteiger partial charge < -0.3 is 19.5 Å². The summed E-state index contributed by atoms with van der Waals surface area (Å²) in [5, 5.41) is 9.77. The second kappa shape index (κ2) is 9.98. The van der Waals surface area contributed by atoms with Gasteiger partial charge in [-0.2, -0.15) is 5.10 Å². The van der Waals surface area contributed by atoms with Gasteiger partial charge in [0.1, 0.15) is 5.69 Å². The maximum absolute atomic E-state index is 12.1. The summed E-state index contributed by atoms with van der Waals surface area (Å²) >= 11 is 0. The molecule has 0 spiro atoms. The lowest BCUT2D eigenvalue weighted by molar-refractivity contribution is 0.0601. The molecule has 1 saturated carbocycles. The highest BCUT2D eigenvalue weighted by molar-refractivity contribution is 5.88. The molecule has 1 unspecified atom stereocenters. The summed E-state index contributed by atoms with van der Waals surface area (Å²) in [6, 6.07) is 3.11. The molecule has 0 bridgehead atoms. The molecule has 0 saturated heterocycles. The van der Waals surface area contributed by atoms with E-state index < -0.39 is 0 Å². The summed E-state index contributed by atoms with van der Waals surface area (Å²) in [6.07, 6.45) is 4.06. The minimum absolute atomic E-state index is 0.0309. The normalized spacial score (nSPS) is 13.7. The van der Waals surface area contributed by atoms with Crippen LogP contribution >= 0.6 is 0 Å². The highest BCUT2D eigenvalue weighted by atomic mass is 16.5. The van der Waals surface area contributed by atoms with Gasteiger partial charge in [-0.3, -0.25) is 10.00 Å². The standard InChI is InChI=1S/C21H27N5O4/c1-14(30-13-15-5-6-15)11-23-21(27)24-19-10-17(26(2)25-19)8-7-16-9-18(28-3)20(29-4)22-12-16/h9-10,12,14-15H,5-6,11,13H2,1-4H3,(H2,23,24,25,27). The molecule has 2 heterocycles. The lowest BCUT2D eigenvalue weighted by atomic mass is 10.2. The highest BCUT2D eigenvalue weighted by Gasteiger charge is 2.22. The van der Waals surface area contributed by atoms with Crippen LogP contribution in [0.1, 0.15) is 31.0 Å². The summed E-state index contributed by atoms with van der Waals surface area (Å²) < 4.78 is 17.6. The van der Waals surface area contributed by atoms with E-state index in [-0.39, 0.29) is 12.1 Å². The number of pyridine rings is 1. The summed E-state index contributed by atoms with van der Waals surface area (Å²) in [7, 11) is 4.83. The van der Waals surface area contributed by atoms with E-state index in [4.69, 9.17) is 14.2 Å². The Balaban J connectivity index is 1.55. The van der Waals surface area contributed by atoms with E-state index in [0.717, 1.165) is 6.61 Å². The minimum atomic E-state index is -0.335. The Morgan fingerprint density at radius 2 is 2.10 bits per heavy atom. The number of carbonyl (C=O) groups excluding carboxylic acids is 1. The zero-order chi connectivity index (χ0) is 21.5. The predicted molar refractivity (Wildman–Crippen MR) is 112 cm³/mol. The van der Waals surface area contributed by atoms with Crippen molar-refractivity contribution >= 4 is 11.8 Å². The first-order chi connectivity index (χ1) is 14.5. The highest BCUT2D eigenvalue weighted by Crippen LogP contribution is 2.29. The van der Waals surface area contributed by atoms with Crippen molar-refractivity contribution in [1.29, 1.82) is 0 Å². The van der Waals surface area contributed by atoms with Gasteiger partial charge >= 0.3 is 6.03 Å². The molecule has 2 amide bonds. The van der Waals surface area contributed by atoms with Gasteiger partial charge in [-0.15, -0.1) is 0 Å². The Kier molecular flexibility index (Phi) is 7.14. The molecule has 9 heteroatoms. The Morgan fingerprint density at radius 3 is 2.80 bits per heavy atom. The van der Waals surface area contributed by atoms with E-state index in [2.05, 4.69) is 32.6 Å². The molecule has 1 aliphatic rings. The van der Waals surface area contributed by atoms with E-state index in [1.165, 1.54) is 20.0 Å². The fourth-order valence-corrected chi connectivity index (χ4v) is 2.62. The van der Waals surface area contributed by atoms with Crippen LogP contribution in [0.25, 0.3) is 0 Å². The molecule has 0 aliphatic heterocycles. The fourth-order valence-electron chi connectivity index (χ4n) is 2.62. The zero-order valence-corrected chi connectivity index (χ0v) is 17.7. The number of methoxy groups -OCH3 is 2. The van der Waals surface area contributed by atoms with Crippen LogP contribution in [-0.2, 0) is 11.8 Å². The summed E-state index contributed by atoms with van der Waals surface area (Å²) in [6.45, 7) is 3.15. The third-order valence-corrected chi connectivity index (χ3v) is 4.55. The maximum atomic E-state index is 12.1. The van der Waals surface area contributed by atoms with Crippen molar-refractivity contribution in [3.05, 3.63) is 29.6 Å². The monoisotopic (exact) mass is 413 g/mol. The van der Waals surface area contributed by atoms with E-state index in [1.807, 2.05) is 6.92 Å². The third-order valence-electron chi connectivity index (χ3n) is 4.55. The number of nitrogens with one attached hydrogen (secondary N) is 2. The first-order valence-electron chi connectivity index (χ1n) is 9.79. The van der Waals surface area contributed by atoms with Crippen molar-refractivity contribution in [2.45, 2.75) is 25.9 Å². The fraction of sp³-hybridized carbons (Fsp3) is 0.476. The van der Waals surface area contributed by atoms with Crippen molar-refractivity contribution in [3.8, 4) is 23.5 Å². The maximum Gasteiger partial charge on any atom is 0.320 e. The van der Waals surface area contributed by atoms with Crippen molar-refractivity contribution in [2.75, 3.05) is 32.7 Å². The number of hydrogen-bond acceptors (Lipinski definition) is 6. The second-order valence-corrected chi connectivity index (χ2v) is 7.15. The van der Waals surface area contributed by atoms with Crippen LogP contribution in [-0.4, -0.2) is 54.3 Å². The van der Waals surface area contributed by atoms with Crippen LogP contribution in [0.4, 0.5) is 10.6 Å². The molecule has 160 valence electrons.